The van der Waals surface area contributed by atoms with Crippen molar-refractivity contribution in [3.63, 3.8) is 0 Å². The van der Waals surface area contributed by atoms with Crippen LogP contribution in [-0.2, 0) is 32.6 Å². The summed E-state index contributed by atoms with van der Waals surface area (Å²) in [5.74, 6) is 1.18. The second kappa shape index (κ2) is 11.6. The average molecular weight is 455 g/mol. The van der Waals surface area contributed by atoms with E-state index in [1.165, 1.54) is 36.8 Å². The normalized spacial score (nSPS) is 17.9. The number of aryl methyl sites for hydroxylation is 2. The van der Waals surface area contributed by atoms with Gasteiger partial charge in [0.1, 0.15) is 0 Å². The van der Waals surface area contributed by atoms with Gasteiger partial charge in [0.05, 0.1) is 0 Å². The van der Waals surface area contributed by atoms with Crippen molar-refractivity contribution < 1.29 is 51.0 Å². The molecule has 0 fully saturated rings. The van der Waals surface area contributed by atoms with Gasteiger partial charge in [-0.15, -0.1) is 0 Å². The third-order valence-corrected chi connectivity index (χ3v) is 5.37. The number of fused-ring (bicyclic) bond motifs is 1. The van der Waals surface area contributed by atoms with E-state index < -0.39 is 0 Å². The largest absolute Gasteiger partial charge is 2.00 e. The molecular formula is C22H28Cl2Zr. The number of rotatable bonds is 6. The molecule has 134 valence electrons. The van der Waals surface area contributed by atoms with Crippen LogP contribution in [-0.4, -0.2) is 0 Å². The van der Waals surface area contributed by atoms with Gasteiger partial charge in [-0.05, 0) is 54.4 Å². The second-order valence-electron chi connectivity index (χ2n) is 6.87. The summed E-state index contributed by atoms with van der Waals surface area (Å²) in [4.78, 5) is 0. The zero-order valence-electron chi connectivity index (χ0n) is 15.5. The van der Waals surface area contributed by atoms with Crippen LogP contribution in [0.5, 0.6) is 0 Å². The van der Waals surface area contributed by atoms with E-state index in [1.54, 1.807) is 16.7 Å². The maximum atomic E-state index is 2.45. The van der Waals surface area contributed by atoms with Crippen LogP contribution in [0.25, 0.3) is 6.08 Å². The topological polar surface area (TPSA) is 0 Å². The third-order valence-electron chi connectivity index (χ3n) is 5.37. The molecule has 0 saturated heterocycles. The predicted molar refractivity (Wildman–Crippen MR) is 97.2 cm³/mol. The molecule has 2 atom stereocenters. The average Bonchev–Trinajstić information content (AvgIpc) is 3.19. The molecule has 0 saturated carbocycles. The van der Waals surface area contributed by atoms with E-state index in [1.807, 2.05) is 0 Å². The summed E-state index contributed by atoms with van der Waals surface area (Å²) in [6, 6.07) is 4.70. The van der Waals surface area contributed by atoms with Gasteiger partial charge in [0.25, 0.3) is 0 Å². The molecule has 2 aliphatic rings. The third kappa shape index (κ3) is 5.44. The Morgan fingerprint density at radius 1 is 1.16 bits per heavy atom. The monoisotopic (exact) mass is 452 g/mol. The van der Waals surface area contributed by atoms with E-state index in [0.717, 1.165) is 6.42 Å². The van der Waals surface area contributed by atoms with Crippen molar-refractivity contribution in [3.8, 4) is 0 Å². The van der Waals surface area contributed by atoms with Crippen LogP contribution < -0.4 is 24.8 Å². The molecule has 3 heteroatoms. The Morgan fingerprint density at radius 2 is 1.92 bits per heavy atom. The van der Waals surface area contributed by atoms with Crippen LogP contribution in [0, 0.1) is 12.8 Å². The molecule has 0 radical (unpaired) electrons. The summed E-state index contributed by atoms with van der Waals surface area (Å²) >= 11 is 0. The molecule has 0 nitrogen and oxygen atoms in total. The first-order valence-electron chi connectivity index (χ1n) is 8.88. The minimum Gasteiger partial charge on any atom is -1.00 e. The maximum Gasteiger partial charge on any atom is 2.00 e. The Balaban J connectivity index is 0.00000192. The minimum atomic E-state index is 0. The molecule has 0 amide bonds. The van der Waals surface area contributed by atoms with Gasteiger partial charge in [-0.2, -0.15) is 0 Å². The zero-order valence-corrected chi connectivity index (χ0v) is 19.5. The van der Waals surface area contributed by atoms with Crippen LogP contribution in [0.3, 0.4) is 0 Å². The van der Waals surface area contributed by atoms with Crippen molar-refractivity contribution in [1.82, 2.24) is 0 Å². The molecular weight excluding hydrogens is 426 g/mol. The molecule has 2 unspecified atom stereocenters. The summed E-state index contributed by atoms with van der Waals surface area (Å²) in [6.07, 6.45) is 18.0. The molecule has 0 aromatic heterocycles. The molecule has 0 bridgehead atoms. The van der Waals surface area contributed by atoms with E-state index in [0.29, 0.717) is 11.8 Å². The molecule has 0 spiro atoms. The Hall–Kier alpha value is -0.0969. The second-order valence-corrected chi connectivity index (χ2v) is 6.87. The molecule has 2 aliphatic carbocycles. The van der Waals surface area contributed by atoms with Crippen LogP contribution >= 0.6 is 0 Å². The number of hydrogen-bond acceptors (Lipinski definition) is 0. The molecule has 0 heterocycles. The fourth-order valence-corrected chi connectivity index (χ4v) is 3.93. The van der Waals surface area contributed by atoms with Gasteiger partial charge in [-0.3, -0.25) is 0 Å². The summed E-state index contributed by atoms with van der Waals surface area (Å²) in [5.41, 5.74) is 7.72. The van der Waals surface area contributed by atoms with Gasteiger partial charge >= 0.3 is 26.2 Å². The molecule has 1 aromatic rings. The van der Waals surface area contributed by atoms with Crippen molar-refractivity contribution in [3.05, 3.63) is 64.3 Å². The van der Waals surface area contributed by atoms with Crippen molar-refractivity contribution in [2.45, 2.75) is 58.8 Å². The number of allylic oxidation sites excluding steroid dienone is 5. The molecule has 0 N–H and O–H groups in total. The van der Waals surface area contributed by atoms with Crippen molar-refractivity contribution >= 4 is 6.08 Å². The number of unbranched alkanes of at least 4 members (excludes halogenated alkanes) is 2. The van der Waals surface area contributed by atoms with Gasteiger partial charge in [0, 0.05) is 5.92 Å². The van der Waals surface area contributed by atoms with Crippen LogP contribution in [0.4, 0.5) is 0 Å². The number of hydrogen-bond donors (Lipinski definition) is 0. The van der Waals surface area contributed by atoms with E-state index in [2.05, 4.69) is 63.3 Å². The van der Waals surface area contributed by atoms with E-state index in [-0.39, 0.29) is 51.0 Å². The Bertz CT molecular complexity index is 644. The molecule has 1 aromatic carbocycles. The SMILES string of the molecule is CCCCCc1ccc(C)c2c1C(C(C)C1=CC=CC1)C=C2.[Cl-].[Cl-].[Zr+2]. The summed E-state index contributed by atoms with van der Waals surface area (Å²) in [5, 5.41) is 0. The quantitative estimate of drug-likeness (QED) is 0.545. The molecule has 25 heavy (non-hydrogen) atoms. The zero-order chi connectivity index (χ0) is 15.5. The van der Waals surface area contributed by atoms with E-state index >= 15 is 0 Å². The van der Waals surface area contributed by atoms with Gasteiger partial charge in [-0.1, -0.05) is 74.8 Å². The first kappa shape index (κ1) is 24.9. The van der Waals surface area contributed by atoms with Crippen molar-refractivity contribution in [1.29, 1.82) is 0 Å². The van der Waals surface area contributed by atoms with Crippen LogP contribution in [0.2, 0.25) is 0 Å². The van der Waals surface area contributed by atoms with Gasteiger partial charge in [0.2, 0.25) is 0 Å². The van der Waals surface area contributed by atoms with Crippen LogP contribution in [0.15, 0.2) is 42.0 Å². The standard InChI is InChI=1S/C22H28.2ClH.Zr/c1-4-5-6-11-19-13-12-16(2)20-14-15-21(22(19)20)17(3)18-9-7-8-10-18;;;/h7-9,12-15,17,21H,4-6,10-11H2,1-3H3;2*1H;/q;;;+2/p-2. The first-order valence-corrected chi connectivity index (χ1v) is 8.88. The van der Waals surface area contributed by atoms with Crippen molar-refractivity contribution in [2.75, 3.05) is 0 Å². The Morgan fingerprint density at radius 3 is 2.56 bits per heavy atom. The number of benzene rings is 1. The van der Waals surface area contributed by atoms with Gasteiger partial charge in [-0.25, -0.2) is 0 Å². The maximum absolute atomic E-state index is 2.45. The van der Waals surface area contributed by atoms with E-state index in [9.17, 15) is 0 Å². The Kier molecular flexibility index (Phi) is 11.5. The minimum absolute atomic E-state index is 0. The van der Waals surface area contributed by atoms with Crippen LogP contribution in [0.1, 0.15) is 67.7 Å². The van der Waals surface area contributed by atoms with Crippen molar-refractivity contribution in [2.24, 2.45) is 5.92 Å². The Labute approximate surface area is 185 Å². The molecule has 3 rings (SSSR count). The fraction of sp³-hybridized carbons (Fsp3) is 0.455. The fourth-order valence-electron chi connectivity index (χ4n) is 3.93. The van der Waals surface area contributed by atoms with Gasteiger partial charge in [0.15, 0.2) is 0 Å². The first-order chi connectivity index (χ1) is 10.7. The molecule has 0 aliphatic heterocycles. The van der Waals surface area contributed by atoms with Gasteiger partial charge < -0.3 is 24.8 Å². The number of halogens is 2. The summed E-state index contributed by atoms with van der Waals surface area (Å²) in [7, 11) is 0. The summed E-state index contributed by atoms with van der Waals surface area (Å²) < 4.78 is 0. The smallest absolute Gasteiger partial charge is 1.00 e. The van der Waals surface area contributed by atoms with E-state index in [4.69, 9.17) is 0 Å². The predicted octanol–water partition coefficient (Wildman–Crippen LogP) is 0.366. The summed E-state index contributed by atoms with van der Waals surface area (Å²) in [6.45, 7) is 6.94.